The first kappa shape index (κ1) is 24.1. The summed E-state index contributed by atoms with van der Waals surface area (Å²) in [5.74, 6) is 0. The van der Waals surface area contributed by atoms with Gasteiger partial charge in [0.15, 0.2) is 0 Å². The van der Waals surface area contributed by atoms with E-state index >= 15 is 0 Å². The van der Waals surface area contributed by atoms with Crippen molar-refractivity contribution in [3.8, 4) is 0 Å². The number of hydrogen-bond donors (Lipinski definition) is 2. The minimum Gasteiger partial charge on any atom is -0.371 e. The first-order valence-electron chi connectivity index (χ1n) is 12.0. The van der Waals surface area contributed by atoms with E-state index in [0.717, 1.165) is 56.0 Å². The van der Waals surface area contributed by atoms with Gasteiger partial charge in [0.2, 0.25) is 0 Å². The van der Waals surface area contributed by atoms with E-state index in [1.165, 1.54) is 0 Å². The van der Waals surface area contributed by atoms with Crippen LogP contribution in [0.5, 0.6) is 0 Å². The summed E-state index contributed by atoms with van der Waals surface area (Å²) in [6.45, 7) is 2.73. The Morgan fingerprint density at radius 1 is 0.750 bits per heavy atom. The summed E-state index contributed by atoms with van der Waals surface area (Å²) in [5.41, 5.74) is 8.33. The maximum absolute atomic E-state index is 12.8. The van der Waals surface area contributed by atoms with Gasteiger partial charge >= 0.3 is 0 Å². The second kappa shape index (κ2) is 10.6. The zero-order valence-electron chi connectivity index (χ0n) is 20.2. The lowest BCUT2D eigenvalue weighted by Crippen LogP contribution is -2.11. The van der Waals surface area contributed by atoms with E-state index in [1.54, 1.807) is 0 Å². The molecule has 0 aliphatic carbocycles. The second-order valence-electron chi connectivity index (χ2n) is 8.76. The van der Waals surface area contributed by atoms with Crippen molar-refractivity contribution in [3.05, 3.63) is 70.8 Å². The maximum atomic E-state index is 12.8. The van der Waals surface area contributed by atoms with Crippen LogP contribution in [0.25, 0.3) is 45.9 Å². The van der Waals surface area contributed by atoms with E-state index in [-0.39, 0.29) is 25.4 Å². The van der Waals surface area contributed by atoms with Gasteiger partial charge in [-0.15, -0.1) is 0 Å². The Hall–Kier alpha value is -3.62. The smallest absolute Gasteiger partial charge is 0.113 e. The van der Waals surface area contributed by atoms with Crippen LogP contribution >= 0.6 is 0 Å². The molecule has 2 aliphatic heterocycles. The highest BCUT2D eigenvalue weighted by atomic mass is 19.1. The molecule has 8 bridgehead atoms. The third kappa shape index (κ3) is 5.29. The monoisotopic (exact) mass is 490 g/mol. The van der Waals surface area contributed by atoms with Gasteiger partial charge in [-0.3, -0.25) is 0 Å². The molecule has 3 aromatic heterocycles. The van der Waals surface area contributed by atoms with Gasteiger partial charge in [0.05, 0.1) is 48.2 Å². The van der Waals surface area contributed by atoms with Gasteiger partial charge < -0.3 is 19.4 Å². The van der Waals surface area contributed by atoms with E-state index in [4.69, 9.17) is 19.4 Å². The number of ether oxygens (including phenoxy) is 2. The molecular formula is C28H28F2N4O2. The van der Waals surface area contributed by atoms with Crippen molar-refractivity contribution in [2.45, 2.75) is 26.1 Å². The fraction of sp³-hybridized carbons (Fsp3) is 0.286. The summed E-state index contributed by atoms with van der Waals surface area (Å²) in [5, 5.41) is 0. The topological polar surface area (TPSA) is 75.8 Å². The Labute approximate surface area is 207 Å². The molecule has 3 aromatic rings. The lowest BCUT2D eigenvalue weighted by atomic mass is 10.1. The van der Waals surface area contributed by atoms with Crippen LogP contribution in [0.15, 0.2) is 42.5 Å². The molecule has 36 heavy (non-hydrogen) atoms. The molecule has 186 valence electrons. The van der Waals surface area contributed by atoms with Crippen molar-refractivity contribution in [3.63, 3.8) is 0 Å². The van der Waals surface area contributed by atoms with Crippen LogP contribution in [-0.2, 0) is 9.47 Å². The third-order valence-corrected chi connectivity index (χ3v) is 6.12. The normalized spacial score (nSPS) is 14.6. The van der Waals surface area contributed by atoms with Crippen LogP contribution in [0.4, 0.5) is 8.78 Å². The Balaban J connectivity index is 1.74. The summed E-state index contributed by atoms with van der Waals surface area (Å²) in [6.07, 6.45) is 5.21. The van der Waals surface area contributed by atoms with Gasteiger partial charge in [0, 0.05) is 33.2 Å². The minimum atomic E-state index is -0.550. The van der Waals surface area contributed by atoms with Crippen molar-refractivity contribution in [2.75, 3.05) is 26.6 Å². The number of fused-ring (bicyclic) bond motifs is 8. The summed E-state index contributed by atoms with van der Waals surface area (Å²) in [7, 11) is 0. The Morgan fingerprint density at radius 2 is 1.42 bits per heavy atom. The largest absolute Gasteiger partial charge is 0.371 e. The zero-order valence-corrected chi connectivity index (χ0v) is 20.2. The number of nitrogens with one attached hydrogen (secondary N) is 2. The molecule has 2 aliphatic rings. The van der Waals surface area contributed by atoms with E-state index in [2.05, 4.69) is 9.97 Å². The molecule has 0 fully saturated rings. The molecule has 2 atom stereocenters. The van der Waals surface area contributed by atoms with E-state index in [0.29, 0.717) is 0 Å². The Bertz CT molecular complexity index is 1470. The average Bonchev–Trinajstić information content (AvgIpc) is 3.65. The van der Waals surface area contributed by atoms with Crippen molar-refractivity contribution in [1.29, 1.82) is 0 Å². The van der Waals surface area contributed by atoms with Gasteiger partial charge in [-0.1, -0.05) is 0 Å². The van der Waals surface area contributed by atoms with Crippen LogP contribution in [0.3, 0.4) is 0 Å². The lowest BCUT2D eigenvalue weighted by molar-refractivity contribution is 0.0568. The molecule has 0 radical (unpaired) electrons. The van der Waals surface area contributed by atoms with Gasteiger partial charge in [0.1, 0.15) is 13.3 Å². The first-order chi connectivity index (χ1) is 17.5. The molecule has 5 rings (SSSR count). The number of H-pyrrole nitrogens is 2. The summed E-state index contributed by atoms with van der Waals surface area (Å²) >= 11 is 0. The summed E-state index contributed by atoms with van der Waals surface area (Å²) in [4.78, 5) is 16.4. The van der Waals surface area contributed by atoms with Crippen molar-refractivity contribution in [2.24, 2.45) is 0 Å². The van der Waals surface area contributed by atoms with E-state index in [1.807, 2.05) is 74.5 Å². The third-order valence-electron chi connectivity index (χ3n) is 6.12. The number of hydrogen-bond acceptors (Lipinski definition) is 4. The minimum absolute atomic E-state index is 0.0182. The number of halogens is 2. The average molecular weight is 491 g/mol. The van der Waals surface area contributed by atoms with Crippen LogP contribution < -0.4 is 0 Å². The van der Waals surface area contributed by atoms with Crippen LogP contribution in [-0.4, -0.2) is 52.6 Å². The number of aromatic amines is 2. The fourth-order valence-corrected chi connectivity index (χ4v) is 4.42. The number of nitrogens with zero attached hydrogens (tertiary/aromatic N) is 2. The molecule has 0 aromatic carbocycles. The molecule has 2 N–H and O–H groups in total. The predicted octanol–water partition coefficient (Wildman–Crippen LogP) is 6.45. The summed E-state index contributed by atoms with van der Waals surface area (Å²) in [6, 6.07) is 13.8. The molecule has 0 saturated carbocycles. The molecule has 8 heteroatoms. The molecule has 0 spiro atoms. The highest BCUT2D eigenvalue weighted by Crippen LogP contribution is 2.29. The molecule has 0 saturated heterocycles. The Morgan fingerprint density at radius 3 is 2.14 bits per heavy atom. The van der Waals surface area contributed by atoms with E-state index in [9.17, 15) is 8.78 Å². The predicted molar refractivity (Wildman–Crippen MR) is 140 cm³/mol. The van der Waals surface area contributed by atoms with Crippen molar-refractivity contribution < 1.29 is 18.3 Å². The molecule has 0 amide bonds. The number of rotatable bonds is 8. The van der Waals surface area contributed by atoms with Crippen LogP contribution in [0, 0.1) is 0 Å². The number of alkyl halides is 2. The SMILES string of the molecule is CC(OCCF)C1=Cc2cc3[nH]c(cc4nc(cc5ccc(cc1n2)[nH]5)C=C4)cc3C(C)OCCF. The van der Waals surface area contributed by atoms with Crippen molar-refractivity contribution >= 4 is 45.9 Å². The van der Waals surface area contributed by atoms with Crippen LogP contribution in [0.2, 0.25) is 0 Å². The lowest BCUT2D eigenvalue weighted by Gasteiger charge is -2.12. The van der Waals surface area contributed by atoms with Crippen molar-refractivity contribution in [1.82, 2.24) is 19.9 Å². The fourth-order valence-electron chi connectivity index (χ4n) is 4.42. The van der Waals surface area contributed by atoms with Gasteiger partial charge in [-0.2, -0.15) is 0 Å². The number of aromatic nitrogens is 4. The second-order valence-corrected chi connectivity index (χ2v) is 8.76. The van der Waals surface area contributed by atoms with E-state index < -0.39 is 13.3 Å². The molecule has 6 nitrogen and oxygen atoms in total. The summed E-state index contributed by atoms with van der Waals surface area (Å²) < 4.78 is 36.9. The first-order valence-corrected chi connectivity index (χ1v) is 12.0. The van der Waals surface area contributed by atoms with Gasteiger partial charge in [-0.25, -0.2) is 18.7 Å². The molecule has 5 heterocycles. The van der Waals surface area contributed by atoms with Gasteiger partial charge in [-0.05, 0) is 74.5 Å². The molecule has 2 unspecified atom stereocenters. The zero-order chi connectivity index (χ0) is 25.1. The maximum Gasteiger partial charge on any atom is 0.113 e. The van der Waals surface area contributed by atoms with Crippen LogP contribution in [0.1, 0.15) is 48.3 Å². The van der Waals surface area contributed by atoms with Gasteiger partial charge in [0.25, 0.3) is 0 Å². The Kier molecular flexibility index (Phi) is 7.06. The molecular weight excluding hydrogens is 462 g/mol. The highest BCUT2D eigenvalue weighted by Gasteiger charge is 2.18. The standard InChI is InChI=1S/C28H28F2N4O2/c1-17(35-9-7-29)25-13-23-12-21-4-3-19(31-21)11-20-5-6-22(32-20)15-27-26(18(2)36-10-8-30)14-24(34-27)16-28(25)33-23/h3-6,11-18,32-33H,7-10H2,1-2H3. The quantitative estimate of drug-likeness (QED) is 0.298. The highest BCUT2D eigenvalue weighted by molar-refractivity contribution is 5.87.